The Bertz CT molecular complexity index is 333. The normalized spacial score (nSPS) is 8.69. The van der Waals surface area contributed by atoms with E-state index >= 15 is 0 Å². The van der Waals surface area contributed by atoms with E-state index < -0.39 is 0 Å². The van der Waals surface area contributed by atoms with Crippen molar-refractivity contribution in [2.75, 3.05) is 16.0 Å². The molecule has 6 heteroatoms. The van der Waals surface area contributed by atoms with Gasteiger partial charge in [-0.2, -0.15) is 0 Å². The summed E-state index contributed by atoms with van der Waals surface area (Å²) in [5.74, 6) is -0.0313. The van der Waals surface area contributed by atoms with Crippen molar-refractivity contribution in [1.29, 1.82) is 0 Å². The molecule has 0 saturated carbocycles. The number of alkyl halides is 2. The van der Waals surface area contributed by atoms with Crippen molar-refractivity contribution < 1.29 is 9.59 Å². The minimum absolute atomic E-state index is 0.0313. The molecule has 88 valence electrons. The Kier molecular flexibility index (Phi) is 9.57. The van der Waals surface area contributed by atoms with Crippen molar-refractivity contribution in [3.8, 4) is 0 Å². The summed E-state index contributed by atoms with van der Waals surface area (Å²) >= 11 is 10.7. The SMILES string of the molecule is O=C(CBr)Nc1ccccc1.O=C(Cl)CBr. The lowest BCUT2D eigenvalue weighted by Gasteiger charge is -2.00. The number of rotatable bonds is 3. The van der Waals surface area contributed by atoms with Crippen molar-refractivity contribution in [3.05, 3.63) is 30.3 Å². The first kappa shape index (κ1) is 15.6. The number of hydrogen-bond acceptors (Lipinski definition) is 2. The van der Waals surface area contributed by atoms with Gasteiger partial charge in [-0.15, -0.1) is 0 Å². The number of para-hydroxylation sites is 1. The first-order chi connectivity index (χ1) is 7.60. The first-order valence-corrected chi connectivity index (χ1v) is 6.87. The van der Waals surface area contributed by atoms with Crippen molar-refractivity contribution >= 4 is 60.3 Å². The molecule has 0 fully saturated rings. The Morgan fingerprint density at radius 3 is 2.00 bits per heavy atom. The molecule has 0 unspecified atom stereocenters. The number of benzene rings is 1. The van der Waals surface area contributed by atoms with Crippen LogP contribution >= 0.6 is 43.5 Å². The third-order valence-electron chi connectivity index (χ3n) is 1.28. The van der Waals surface area contributed by atoms with E-state index in [0.29, 0.717) is 5.33 Å². The number of carbonyl (C=O) groups is 2. The highest BCUT2D eigenvalue weighted by molar-refractivity contribution is 9.09. The number of anilines is 1. The van der Waals surface area contributed by atoms with Gasteiger partial charge in [-0.1, -0.05) is 50.1 Å². The highest BCUT2D eigenvalue weighted by Crippen LogP contribution is 2.04. The Labute approximate surface area is 116 Å². The van der Waals surface area contributed by atoms with E-state index in [2.05, 4.69) is 37.2 Å². The van der Waals surface area contributed by atoms with E-state index in [-0.39, 0.29) is 16.5 Å². The van der Waals surface area contributed by atoms with Gasteiger partial charge in [0.2, 0.25) is 11.1 Å². The third kappa shape index (κ3) is 8.88. The lowest BCUT2D eigenvalue weighted by Crippen LogP contribution is -2.11. The van der Waals surface area contributed by atoms with Crippen LogP contribution in [-0.2, 0) is 9.59 Å². The van der Waals surface area contributed by atoms with Crippen LogP contribution in [-0.4, -0.2) is 21.8 Å². The highest BCUT2D eigenvalue weighted by atomic mass is 79.9. The second kappa shape index (κ2) is 9.81. The topological polar surface area (TPSA) is 46.2 Å². The van der Waals surface area contributed by atoms with Gasteiger partial charge < -0.3 is 5.32 Å². The molecule has 0 bridgehead atoms. The Balaban J connectivity index is 0.000000385. The second-order valence-electron chi connectivity index (χ2n) is 2.54. The van der Waals surface area contributed by atoms with Gasteiger partial charge in [0.15, 0.2) is 0 Å². The van der Waals surface area contributed by atoms with Gasteiger partial charge in [-0.3, -0.25) is 9.59 Å². The summed E-state index contributed by atoms with van der Waals surface area (Å²) in [6, 6.07) is 9.36. The maximum absolute atomic E-state index is 10.8. The summed E-state index contributed by atoms with van der Waals surface area (Å²) in [6.45, 7) is 0. The van der Waals surface area contributed by atoms with Gasteiger partial charge in [0, 0.05) is 5.69 Å². The van der Waals surface area contributed by atoms with Gasteiger partial charge in [-0.05, 0) is 23.7 Å². The van der Waals surface area contributed by atoms with E-state index in [1.165, 1.54) is 0 Å². The van der Waals surface area contributed by atoms with Crippen molar-refractivity contribution in [3.63, 3.8) is 0 Å². The molecular weight excluding hydrogens is 361 g/mol. The molecule has 0 aromatic heterocycles. The first-order valence-electron chi connectivity index (χ1n) is 4.25. The Hall–Kier alpha value is -0.390. The number of hydrogen-bond donors (Lipinski definition) is 1. The quantitative estimate of drug-likeness (QED) is 0.655. The van der Waals surface area contributed by atoms with Gasteiger partial charge in [0.1, 0.15) is 0 Å². The number of amides is 1. The summed E-state index contributed by atoms with van der Waals surface area (Å²) in [5.41, 5.74) is 0.831. The van der Waals surface area contributed by atoms with Crippen molar-refractivity contribution in [2.24, 2.45) is 0 Å². The van der Waals surface area contributed by atoms with E-state index in [4.69, 9.17) is 11.6 Å². The minimum Gasteiger partial charge on any atom is -0.325 e. The average Bonchev–Trinajstić information content (AvgIpc) is 2.31. The van der Waals surface area contributed by atoms with Crippen LogP contribution in [0.3, 0.4) is 0 Å². The number of nitrogens with one attached hydrogen (secondary N) is 1. The molecule has 0 heterocycles. The summed E-state index contributed by atoms with van der Waals surface area (Å²) in [7, 11) is 0. The lowest BCUT2D eigenvalue weighted by molar-refractivity contribution is -0.113. The van der Waals surface area contributed by atoms with E-state index in [0.717, 1.165) is 5.69 Å². The van der Waals surface area contributed by atoms with Crippen LogP contribution < -0.4 is 5.32 Å². The fraction of sp³-hybridized carbons (Fsp3) is 0.200. The standard InChI is InChI=1S/C8H8BrNO.C2H2BrClO/c9-6-8(11)10-7-4-2-1-3-5-7;3-1-2(4)5/h1-5H,6H2,(H,10,11);1H2. The maximum Gasteiger partial charge on any atom is 0.235 e. The molecule has 0 spiro atoms. The summed E-state index contributed by atoms with van der Waals surface area (Å²) < 4.78 is 0. The zero-order valence-electron chi connectivity index (χ0n) is 8.25. The summed E-state index contributed by atoms with van der Waals surface area (Å²) in [5, 5.41) is 2.93. The molecule has 0 aliphatic rings. The lowest BCUT2D eigenvalue weighted by atomic mass is 10.3. The summed E-state index contributed by atoms with van der Waals surface area (Å²) in [6.07, 6.45) is 0. The molecule has 16 heavy (non-hydrogen) atoms. The molecule has 0 aliphatic carbocycles. The van der Waals surface area contributed by atoms with Crippen molar-refractivity contribution in [2.45, 2.75) is 0 Å². The van der Waals surface area contributed by atoms with Crippen molar-refractivity contribution in [1.82, 2.24) is 0 Å². The maximum atomic E-state index is 10.8. The van der Waals surface area contributed by atoms with Crippen LogP contribution in [0.25, 0.3) is 0 Å². The molecule has 1 N–H and O–H groups in total. The largest absolute Gasteiger partial charge is 0.325 e. The van der Waals surface area contributed by atoms with Crippen LogP contribution in [0.1, 0.15) is 0 Å². The predicted molar refractivity (Wildman–Crippen MR) is 73.5 cm³/mol. The molecule has 0 saturated heterocycles. The molecule has 0 atom stereocenters. The van der Waals surface area contributed by atoms with Gasteiger partial charge in [0.05, 0.1) is 10.7 Å². The fourth-order valence-corrected chi connectivity index (χ4v) is 0.856. The van der Waals surface area contributed by atoms with Crippen LogP contribution in [0.5, 0.6) is 0 Å². The van der Waals surface area contributed by atoms with E-state index in [1.807, 2.05) is 30.3 Å². The van der Waals surface area contributed by atoms with Crippen LogP contribution in [0.2, 0.25) is 0 Å². The van der Waals surface area contributed by atoms with Gasteiger partial charge in [-0.25, -0.2) is 0 Å². The summed E-state index contributed by atoms with van der Waals surface area (Å²) in [4.78, 5) is 20.4. The highest BCUT2D eigenvalue weighted by Gasteiger charge is 1.96. The molecule has 0 radical (unpaired) electrons. The second-order valence-corrected chi connectivity index (χ2v) is 4.08. The zero-order valence-corrected chi connectivity index (χ0v) is 12.2. The molecule has 1 amide bonds. The van der Waals surface area contributed by atoms with E-state index in [9.17, 15) is 9.59 Å². The molecule has 0 aliphatic heterocycles. The number of carbonyl (C=O) groups excluding carboxylic acids is 2. The van der Waals surface area contributed by atoms with Crippen LogP contribution in [0, 0.1) is 0 Å². The molecular formula is C10H10Br2ClNO2. The predicted octanol–water partition coefficient (Wildman–Crippen LogP) is 3.17. The fourth-order valence-electron chi connectivity index (χ4n) is 0.716. The van der Waals surface area contributed by atoms with Gasteiger partial charge in [0.25, 0.3) is 0 Å². The smallest absolute Gasteiger partial charge is 0.235 e. The van der Waals surface area contributed by atoms with E-state index in [1.54, 1.807) is 0 Å². The van der Waals surface area contributed by atoms with Crippen LogP contribution in [0.4, 0.5) is 5.69 Å². The minimum atomic E-state index is -0.356. The zero-order chi connectivity index (χ0) is 12.4. The Morgan fingerprint density at radius 2 is 1.62 bits per heavy atom. The molecule has 1 aromatic carbocycles. The monoisotopic (exact) mass is 369 g/mol. The molecule has 3 nitrogen and oxygen atoms in total. The number of halogens is 3. The van der Waals surface area contributed by atoms with Gasteiger partial charge >= 0.3 is 0 Å². The molecule has 1 rings (SSSR count). The van der Waals surface area contributed by atoms with Crippen LogP contribution in [0.15, 0.2) is 30.3 Å². The molecule has 1 aromatic rings. The third-order valence-corrected chi connectivity index (χ3v) is 2.76. The Morgan fingerprint density at radius 1 is 1.12 bits per heavy atom. The average molecular weight is 371 g/mol.